The summed E-state index contributed by atoms with van der Waals surface area (Å²) >= 11 is 1.27. The number of hydrogen-bond donors (Lipinski definition) is 1. The van der Waals surface area contributed by atoms with Crippen molar-refractivity contribution in [2.45, 2.75) is 30.5 Å². The van der Waals surface area contributed by atoms with Gasteiger partial charge >= 0.3 is 0 Å². The third-order valence-electron chi connectivity index (χ3n) is 3.20. The molecule has 0 amide bonds. The first-order valence-electron chi connectivity index (χ1n) is 5.81. The molecule has 0 radical (unpaired) electrons. The molecular weight excluding hydrogens is 256 g/mol. The van der Waals surface area contributed by atoms with Crippen LogP contribution in [0.2, 0.25) is 0 Å². The summed E-state index contributed by atoms with van der Waals surface area (Å²) in [5, 5.41) is 1.82. The largest absolute Gasteiger partial charge is 0.326 e. The SMILES string of the molecule is CC1CCN(S(=O)(=O)c2cc(CN)cs2)CC1. The summed E-state index contributed by atoms with van der Waals surface area (Å²) in [6.07, 6.45) is 1.91. The van der Waals surface area contributed by atoms with Crippen LogP contribution in [0.5, 0.6) is 0 Å². The third-order valence-corrected chi connectivity index (χ3v) is 6.56. The van der Waals surface area contributed by atoms with Crippen molar-refractivity contribution in [3.63, 3.8) is 0 Å². The smallest absolute Gasteiger partial charge is 0.252 e. The summed E-state index contributed by atoms with van der Waals surface area (Å²) in [6, 6.07) is 1.69. The second-order valence-corrected chi connectivity index (χ2v) is 7.64. The monoisotopic (exact) mass is 274 g/mol. The summed E-state index contributed by atoms with van der Waals surface area (Å²) in [5.41, 5.74) is 6.39. The molecule has 4 nitrogen and oxygen atoms in total. The molecule has 1 aromatic rings. The van der Waals surface area contributed by atoms with Gasteiger partial charge in [-0.1, -0.05) is 6.92 Å². The van der Waals surface area contributed by atoms with Gasteiger partial charge in [0.25, 0.3) is 10.0 Å². The van der Waals surface area contributed by atoms with Crippen molar-refractivity contribution in [1.29, 1.82) is 0 Å². The normalized spacial score (nSPS) is 19.6. The molecule has 1 fully saturated rings. The molecule has 1 aromatic heterocycles. The Hall–Kier alpha value is -0.430. The Morgan fingerprint density at radius 1 is 1.47 bits per heavy atom. The number of piperidine rings is 1. The van der Waals surface area contributed by atoms with Gasteiger partial charge < -0.3 is 5.73 Å². The zero-order chi connectivity index (χ0) is 12.5. The number of hydrogen-bond acceptors (Lipinski definition) is 4. The number of thiophene rings is 1. The highest BCUT2D eigenvalue weighted by molar-refractivity contribution is 7.91. The fourth-order valence-electron chi connectivity index (χ4n) is 1.95. The fourth-order valence-corrected chi connectivity index (χ4v) is 4.79. The molecule has 0 aromatic carbocycles. The highest BCUT2D eigenvalue weighted by Gasteiger charge is 2.29. The lowest BCUT2D eigenvalue weighted by molar-refractivity contribution is 0.288. The minimum Gasteiger partial charge on any atom is -0.326 e. The lowest BCUT2D eigenvalue weighted by Gasteiger charge is -2.28. The van der Waals surface area contributed by atoms with Gasteiger partial charge in [-0.05, 0) is 35.8 Å². The van der Waals surface area contributed by atoms with Crippen molar-refractivity contribution in [3.05, 3.63) is 17.0 Å². The van der Waals surface area contributed by atoms with E-state index in [4.69, 9.17) is 5.73 Å². The van der Waals surface area contributed by atoms with Crippen molar-refractivity contribution < 1.29 is 8.42 Å². The minimum absolute atomic E-state index is 0.392. The second-order valence-electron chi connectivity index (χ2n) is 4.56. The molecule has 2 rings (SSSR count). The van der Waals surface area contributed by atoms with Crippen LogP contribution in [-0.4, -0.2) is 25.8 Å². The Bertz CT molecular complexity index is 473. The van der Waals surface area contributed by atoms with Gasteiger partial charge in [-0.2, -0.15) is 4.31 Å². The molecule has 6 heteroatoms. The molecule has 1 aliphatic rings. The lowest BCUT2D eigenvalue weighted by Crippen LogP contribution is -2.37. The van der Waals surface area contributed by atoms with Gasteiger partial charge in [0.15, 0.2) is 0 Å². The molecule has 2 N–H and O–H groups in total. The lowest BCUT2D eigenvalue weighted by atomic mass is 10.0. The van der Waals surface area contributed by atoms with Crippen LogP contribution in [0.3, 0.4) is 0 Å². The molecule has 0 atom stereocenters. The van der Waals surface area contributed by atoms with Crippen molar-refractivity contribution in [3.8, 4) is 0 Å². The van der Waals surface area contributed by atoms with Crippen LogP contribution in [-0.2, 0) is 16.6 Å². The van der Waals surface area contributed by atoms with Crippen LogP contribution in [0.1, 0.15) is 25.3 Å². The molecule has 0 saturated carbocycles. The predicted octanol–water partition coefficient (Wildman–Crippen LogP) is 1.63. The van der Waals surface area contributed by atoms with Gasteiger partial charge in [0.05, 0.1) is 0 Å². The van der Waals surface area contributed by atoms with E-state index in [1.165, 1.54) is 11.3 Å². The summed E-state index contributed by atoms with van der Waals surface area (Å²) in [5.74, 6) is 0.629. The van der Waals surface area contributed by atoms with E-state index in [2.05, 4.69) is 6.92 Å². The highest BCUT2D eigenvalue weighted by Crippen LogP contribution is 2.27. The summed E-state index contributed by atoms with van der Waals surface area (Å²) in [4.78, 5) is 0. The van der Waals surface area contributed by atoms with Gasteiger partial charge in [-0.25, -0.2) is 8.42 Å². The van der Waals surface area contributed by atoms with E-state index >= 15 is 0 Å². The van der Waals surface area contributed by atoms with E-state index in [1.54, 1.807) is 10.4 Å². The van der Waals surface area contributed by atoms with E-state index in [1.807, 2.05) is 5.38 Å². The van der Waals surface area contributed by atoms with Crippen LogP contribution < -0.4 is 5.73 Å². The molecule has 1 aliphatic heterocycles. The van der Waals surface area contributed by atoms with Crippen LogP contribution in [0.4, 0.5) is 0 Å². The van der Waals surface area contributed by atoms with E-state index < -0.39 is 10.0 Å². The summed E-state index contributed by atoms with van der Waals surface area (Å²) in [6.45, 7) is 3.84. The van der Waals surface area contributed by atoms with Crippen molar-refractivity contribution in [2.24, 2.45) is 11.7 Å². The topological polar surface area (TPSA) is 63.4 Å². The van der Waals surface area contributed by atoms with Crippen molar-refractivity contribution in [2.75, 3.05) is 13.1 Å². The molecule has 96 valence electrons. The Kier molecular flexibility index (Phi) is 3.87. The second kappa shape index (κ2) is 5.06. The number of nitrogens with two attached hydrogens (primary N) is 1. The fraction of sp³-hybridized carbons (Fsp3) is 0.636. The molecule has 0 bridgehead atoms. The molecule has 0 spiro atoms. The van der Waals surface area contributed by atoms with E-state index in [-0.39, 0.29) is 0 Å². The van der Waals surface area contributed by atoms with Gasteiger partial charge in [-0.15, -0.1) is 11.3 Å². The summed E-state index contributed by atoms with van der Waals surface area (Å²) < 4.78 is 26.7. The molecular formula is C11H18N2O2S2. The number of rotatable bonds is 3. The van der Waals surface area contributed by atoms with Gasteiger partial charge in [0.1, 0.15) is 4.21 Å². The molecule has 17 heavy (non-hydrogen) atoms. The van der Waals surface area contributed by atoms with Crippen molar-refractivity contribution >= 4 is 21.4 Å². The Morgan fingerprint density at radius 2 is 2.12 bits per heavy atom. The van der Waals surface area contributed by atoms with E-state index in [0.29, 0.717) is 29.8 Å². The number of sulfonamides is 1. The number of nitrogens with zero attached hydrogens (tertiary/aromatic N) is 1. The average molecular weight is 274 g/mol. The van der Waals surface area contributed by atoms with Gasteiger partial charge in [0.2, 0.25) is 0 Å². The van der Waals surface area contributed by atoms with Crippen LogP contribution >= 0.6 is 11.3 Å². The Balaban J connectivity index is 2.18. The first-order chi connectivity index (χ1) is 8.04. The third kappa shape index (κ3) is 2.70. The van der Waals surface area contributed by atoms with Gasteiger partial charge in [-0.3, -0.25) is 0 Å². The molecule has 2 heterocycles. The zero-order valence-electron chi connectivity index (χ0n) is 9.93. The first kappa shape index (κ1) is 13.0. The minimum atomic E-state index is -3.28. The van der Waals surface area contributed by atoms with E-state index in [9.17, 15) is 8.42 Å². The highest BCUT2D eigenvalue weighted by atomic mass is 32.2. The first-order valence-corrected chi connectivity index (χ1v) is 8.13. The van der Waals surface area contributed by atoms with Gasteiger partial charge in [0, 0.05) is 19.6 Å². The van der Waals surface area contributed by atoms with Crippen LogP contribution in [0.25, 0.3) is 0 Å². The maximum Gasteiger partial charge on any atom is 0.252 e. The maximum atomic E-state index is 12.3. The average Bonchev–Trinajstić information content (AvgIpc) is 2.78. The van der Waals surface area contributed by atoms with E-state index in [0.717, 1.165) is 18.4 Å². The predicted molar refractivity (Wildman–Crippen MR) is 69.4 cm³/mol. The molecule has 1 saturated heterocycles. The van der Waals surface area contributed by atoms with Crippen LogP contribution in [0.15, 0.2) is 15.7 Å². The Morgan fingerprint density at radius 3 is 2.65 bits per heavy atom. The quantitative estimate of drug-likeness (QED) is 0.911. The standard InChI is InChI=1S/C11H18N2O2S2/c1-9-2-4-13(5-3-9)17(14,15)11-6-10(7-12)8-16-11/h6,8-9H,2-5,7,12H2,1H3. The zero-order valence-corrected chi connectivity index (χ0v) is 11.6. The van der Waals surface area contributed by atoms with Crippen molar-refractivity contribution in [1.82, 2.24) is 4.31 Å². The Labute approximate surface area is 106 Å². The molecule has 0 aliphatic carbocycles. The molecule has 0 unspecified atom stereocenters. The van der Waals surface area contributed by atoms with Crippen LogP contribution in [0, 0.1) is 5.92 Å². The summed E-state index contributed by atoms with van der Waals surface area (Å²) in [7, 11) is -3.28. The maximum absolute atomic E-state index is 12.3.